The van der Waals surface area contributed by atoms with Gasteiger partial charge in [-0.2, -0.15) is 5.26 Å². The van der Waals surface area contributed by atoms with E-state index in [2.05, 4.69) is 28.1 Å². The first-order valence-electron chi connectivity index (χ1n) is 6.85. The van der Waals surface area contributed by atoms with Gasteiger partial charge in [-0.25, -0.2) is 4.98 Å². The van der Waals surface area contributed by atoms with Crippen molar-refractivity contribution in [2.45, 2.75) is 12.5 Å². The molecule has 2 heterocycles. The van der Waals surface area contributed by atoms with Gasteiger partial charge in [-0.3, -0.25) is 0 Å². The number of hydrogen-bond acceptors (Lipinski definition) is 4. The lowest BCUT2D eigenvalue weighted by atomic mass is 9.92. The van der Waals surface area contributed by atoms with Crippen LogP contribution in [0.25, 0.3) is 0 Å². The van der Waals surface area contributed by atoms with Crippen LogP contribution in [-0.4, -0.2) is 18.1 Å². The second kappa shape index (κ2) is 5.72. The van der Waals surface area contributed by atoms with E-state index in [4.69, 9.17) is 22.6 Å². The number of hydrogen-bond donors (Lipinski definition) is 1. The number of aromatic nitrogens is 1. The van der Waals surface area contributed by atoms with Gasteiger partial charge in [0, 0.05) is 19.3 Å². The predicted molar refractivity (Wildman–Crippen MR) is 83.2 cm³/mol. The Balaban J connectivity index is 2.07. The van der Waals surface area contributed by atoms with Crippen LogP contribution in [0.3, 0.4) is 0 Å². The van der Waals surface area contributed by atoms with E-state index in [0.717, 1.165) is 13.0 Å². The molecular formula is C16H15ClN4. The minimum atomic E-state index is 0.0360. The molecule has 106 valence electrons. The SMILES string of the molecule is N#Cc1ccnc(N2CCc3ccccc3C2CN)c1Cl. The summed E-state index contributed by atoms with van der Waals surface area (Å²) in [6, 6.07) is 12.1. The molecule has 0 saturated carbocycles. The molecular weight excluding hydrogens is 284 g/mol. The third kappa shape index (κ3) is 2.35. The van der Waals surface area contributed by atoms with E-state index < -0.39 is 0 Å². The molecule has 1 aromatic heterocycles. The van der Waals surface area contributed by atoms with Crippen LogP contribution in [-0.2, 0) is 6.42 Å². The van der Waals surface area contributed by atoms with Gasteiger partial charge >= 0.3 is 0 Å². The van der Waals surface area contributed by atoms with Crippen LogP contribution < -0.4 is 10.6 Å². The Kier molecular flexibility index (Phi) is 3.78. The van der Waals surface area contributed by atoms with Crippen molar-refractivity contribution in [3.8, 4) is 6.07 Å². The van der Waals surface area contributed by atoms with Crippen molar-refractivity contribution >= 4 is 17.4 Å². The number of pyridine rings is 1. The third-order valence-electron chi connectivity index (χ3n) is 3.90. The van der Waals surface area contributed by atoms with E-state index >= 15 is 0 Å². The predicted octanol–water partition coefficient (Wildman–Crippen LogP) is 2.67. The van der Waals surface area contributed by atoms with Gasteiger partial charge in [0.25, 0.3) is 0 Å². The summed E-state index contributed by atoms with van der Waals surface area (Å²) in [7, 11) is 0. The van der Waals surface area contributed by atoms with Crippen LogP contribution in [0.2, 0.25) is 5.02 Å². The van der Waals surface area contributed by atoms with Gasteiger partial charge in [-0.05, 0) is 23.6 Å². The fourth-order valence-electron chi connectivity index (χ4n) is 2.88. The Bertz CT molecular complexity index is 708. The van der Waals surface area contributed by atoms with Gasteiger partial charge in [0.05, 0.1) is 11.6 Å². The van der Waals surface area contributed by atoms with E-state index in [1.165, 1.54) is 11.1 Å². The van der Waals surface area contributed by atoms with Gasteiger partial charge < -0.3 is 10.6 Å². The standard InChI is InChI=1S/C16H15ClN4/c17-15-12(9-18)5-7-20-16(15)21-8-6-11-3-1-2-4-13(11)14(21)10-19/h1-5,7,14H,6,8,10,19H2. The molecule has 1 unspecified atom stereocenters. The Hall–Kier alpha value is -2.09. The summed E-state index contributed by atoms with van der Waals surface area (Å²) in [5.74, 6) is 0.640. The minimum absolute atomic E-state index is 0.0360. The van der Waals surface area contributed by atoms with E-state index in [1.54, 1.807) is 12.3 Å². The van der Waals surface area contributed by atoms with Gasteiger partial charge in [-0.15, -0.1) is 0 Å². The van der Waals surface area contributed by atoms with E-state index in [1.807, 2.05) is 12.1 Å². The monoisotopic (exact) mass is 298 g/mol. The molecule has 0 bridgehead atoms. The van der Waals surface area contributed by atoms with E-state index in [-0.39, 0.29) is 6.04 Å². The zero-order valence-corrected chi connectivity index (χ0v) is 12.2. The lowest BCUT2D eigenvalue weighted by Crippen LogP contribution is -2.40. The van der Waals surface area contributed by atoms with Gasteiger partial charge in [0.1, 0.15) is 16.9 Å². The van der Waals surface area contributed by atoms with Crippen LogP contribution in [0.5, 0.6) is 0 Å². The van der Waals surface area contributed by atoms with Gasteiger partial charge in [0.15, 0.2) is 0 Å². The van der Waals surface area contributed by atoms with Crippen LogP contribution >= 0.6 is 11.6 Å². The first kappa shape index (κ1) is 13.9. The molecule has 1 atom stereocenters. The molecule has 3 rings (SSSR count). The lowest BCUT2D eigenvalue weighted by Gasteiger charge is -2.38. The molecule has 1 aliphatic heterocycles. The fourth-order valence-corrected chi connectivity index (χ4v) is 3.14. The van der Waals surface area contributed by atoms with Crippen molar-refractivity contribution in [3.05, 3.63) is 58.2 Å². The van der Waals surface area contributed by atoms with Crippen LogP contribution in [0.4, 0.5) is 5.82 Å². The van der Waals surface area contributed by atoms with Crippen molar-refractivity contribution in [3.63, 3.8) is 0 Å². The number of nitriles is 1. The highest BCUT2D eigenvalue weighted by atomic mass is 35.5. The molecule has 4 nitrogen and oxygen atoms in total. The fraction of sp³-hybridized carbons (Fsp3) is 0.250. The number of fused-ring (bicyclic) bond motifs is 1. The second-order valence-corrected chi connectivity index (χ2v) is 5.38. The summed E-state index contributed by atoms with van der Waals surface area (Å²) in [6.45, 7) is 1.27. The molecule has 21 heavy (non-hydrogen) atoms. The van der Waals surface area contributed by atoms with Crippen molar-refractivity contribution in [1.29, 1.82) is 5.26 Å². The highest BCUT2D eigenvalue weighted by Gasteiger charge is 2.28. The maximum absolute atomic E-state index is 9.12. The quantitative estimate of drug-likeness (QED) is 0.925. The molecule has 2 aromatic rings. The summed E-state index contributed by atoms with van der Waals surface area (Å²) in [4.78, 5) is 6.47. The number of nitrogens with zero attached hydrogens (tertiary/aromatic N) is 3. The van der Waals surface area contributed by atoms with Crippen molar-refractivity contribution < 1.29 is 0 Å². The van der Waals surface area contributed by atoms with Crippen LogP contribution in [0, 0.1) is 11.3 Å². The normalized spacial score (nSPS) is 17.2. The number of benzene rings is 1. The molecule has 1 aromatic carbocycles. The van der Waals surface area contributed by atoms with Crippen LogP contribution in [0.1, 0.15) is 22.7 Å². The van der Waals surface area contributed by atoms with Crippen molar-refractivity contribution in [2.75, 3.05) is 18.0 Å². The van der Waals surface area contributed by atoms with E-state index in [0.29, 0.717) is 22.9 Å². The summed E-state index contributed by atoms with van der Waals surface area (Å²) >= 11 is 6.32. The topological polar surface area (TPSA) is 65.9 Å². The Morgan fingerprint density at radius 1 is 1.38 bits per heavy atom. The number of rotatable bonds is 2. The van der Waals surface area contributed by atoms with Crippen molar-refractivity contribution in [1.82, 2.24) is 4.98 Å². The molecule has 0 amide bonds. The van der Waals surface area contributed by atoms with Gasteiger partial charge in [-0.1, -0.05) is 35.9 Å². The average molecular weight is 299 g/mol. The van der Waals surface area contributed by atoms with E-state index in [9.17, 15) is 0 Å². The average Bonchev–Trinajstić information content (AvgIpc) is 2.54. The minimum Gasteiger partial charge on any atom is -0.347 e. The molecule has 0 saturated heterocycles. The zero-order chi connectivity index (χ0) is 14.8. The largest absolute Gasteiger partial charge is 0.347 e. The zero-order valence-electron chi connectivity index (χ0n) is 11.5. The van der Waals surface area contributed by atoms with Gasteiger partial charge in [0.2, 0.25) is 0 Å². The highest BCUT2D eigenvalue weighted by molar-refractivity contribution is 6.34. The number of nitrogens with two attached hydrogens (primary N) is 1. The number of halogens is 1. The summed E-state index contributed by atoms with van der Waals surface area (Å²) < 4.78 is 0. The summed E-state index contributed by atoms with van der Waals surface area (Å²) in [5.41, 5.74) is 8.96. The molecule has 0 spiro atoms. The molecule has 1 aliphatic rings. The maximum Gasteiger partial charge on any atom is 0.149 e. The molecule has 0 radical (unpaired) electrons. The van der Waals surface area contributed by atoms with Crippen molar-refractivity contribution in [2.24, 2.45) is 5.73 Å². The molecule has 0 fully saturated rings. The molecule has 0 aliphatic carbocycles. The Morgan fingerprint density at radius 2 is 2.19 bits per heavy atom. The molecule has 2 N–H and O–H groups in total. The first-order valence-corrected chi connectivity index (χ1v) is 7.23. The number of anilines is 1. The third-order valence-corrected chi connectivity index (χ3v) is 4.27. The summed E-state index contributed by atoms with van der Waals surface area (Å²) in [6.07, 6.45) is 2.54. The van der Waals surface area contributed by atoms with Crippen LogP contribution in [0.15, 0.2) is 36.5 Å². The highest BCUT2D eigenvalue weighted by Crippen LogP contribution is 2.36. The first-order chi connectivity index (χ1) is 10.3. The summed E-state index contributed by atoms with van der Waals surface area (Å²) in [5, 5.41) is 9.52. The molecule has 5 heteroatoms. The maximum atomic E-state index is 9.12. The Labute approximate surface area is 128 Å². The lowest BCUT2D eigenvalue weighted by molar-refractivity contribution is 0.584. The second-order valence-electron chi connectivity index (χ2n) is 5.00. The Morgan fingerprint density at radius 3 is 2.95 bits per heavy atom. The smallest absolute Gasteiger partial charge is 0.149 e.